The van der Waals surface area contributed by atoms with Gasteiger partial charge in [-0.1, -0.05) is 24.1 Å². The number of nitrogens with zero attached hydrogens (tertiary/aromatic N) is 1. The Kier molecular flexibility index (Phi) is 8.91. The SMILES string of the molecule is Cc1cc(C)c(S(=O)(=O)N(CCCCN)CCCCCN)c(C)c1. The van der Waals surface area contributed by atoms with Gasteiger partial charge in [-0.15, -0.1) is 0 Å². The molecule has 24 heavy (non-hydrogen) atoms. The lowest BCUT2D eigenvalue weighted by molar-refractivity contribution is 0.389. The van der Waals surface area contributed by atoms with Crippen LogP contribution in [-0.4, -0.2) is 38.9 Å². The van der Waals surface area contributed by atoms with Crippen molar-refractivity contribution in [1.82, 2.24) is 4.31 Å². The maximum absolute atomic E-state index is 13.2. The molecule has 0 heterocycles. The quantitative estimate of drug-likeness (QED) is 0.597. The average molecular weight is 356 g/mol. The van der Waals surface area contributed by atoms with Gasteiger partial charge in [-0.25, -0.2) is 8.42 Å². The van der Waals surface area contributed by atoms with Gasteiger partial charge in [-0.2, -0.15) is 4.31 Å². The summed E-state index contributed by atoms with van der Waals surface area (Å²) in [5.74, 6) is 0. The fourth-order valence-electron chi connectivity index (χ4n) is 3.10. The third-order valence-electron chi connectivity index (χ3n) is 4.18. The molecule has 5 nitrogen and oxygen atoms in total. The smallest absolute Gasteiger partial charge is 0.243 e. The van der Waals surface area contributed by atoms with Crippen LogP contribution >= 0.6 is 0 Å². The zero-order valence-electron chi connectivity index (χ0n) is 15.3. The maximum atomic E-state index is 13.2. The summed E-state index contributed by atoms with van der Waals surface area (Å²) in [5.41, 5.74) is 13.8. The van der Waals surface area contributed by atoms with E-state index >= 15 is 0 Å². The van der Waals surface area contributed by atoms with E-state index in [1.807, 2.05) is 32.9 Å². The first-order chi connectivity index (χ1) is 11.3. The molecular formula is C18H33N3O2S. The minimum Gasteiger partial charge on any atom is -0.330 e. The van der Waals surface area contributed by atoms with Gasteiger partial charge in [-0.05, 0) is 70.7 Å². The second-order valence-electron chi connectivity index (χ2n) is 6.48. The van der Waals surface area contributed by atoms with Gasteiger partial charge in [0.05, 0.1) is 4.90 Å². The molecule has 0 aromatic heterocycles. The summed E-state index contributed by atoms with van der Waals surface area (Å²) in [5, 5.41) is 0. The molecular weight excluding hydrogens is 322 g/mol. The zero-order chi connectivity index (χ0) is 18.2. The van der Waals surface area contributed by atoms with Crippen LogP contribution < -0.4 is 11.5 Å². The molecule has 0 bridgehead atoms. The van der Waals surface area contributed by atoms with Crippen LogP contribution in [0.15, 0.2) is 17.0 Å². The van der Waals surface area contributed by atoms with Crippen LogP contribution in [0.25, 0.3) is 0 Å². The van der Waals surface area contributed by atoms with E-state index in [2.05, 4.69) is 0 Å². The molecule has 0 saturated heterocycles. The van der Waals surface area contributed by atoms with Crippen molar-refractivity contribution < 1.29 is 8.42 Å². The highest BCUT2D eigenvalue weighted by Gasteiger charge is 2.27. The van der Waals surface area contributed by atoms with E-state index in [0.29, 0.717) is 31.1 Å². The standard InChI is InChI=1S/C18H33N3O2S/c1-15-13-16(2)18(17(3)14-15)24(22,23)21(12-8-6-10-20)11-7-4-5-9-19/h13-14H,4-12,19-20H2,1-3H3. The van der Waals surface area contributed by atoms with E-state index in [1.165, 1.54) is 0 Å². The normalized spacial score (nSPS) is 12.1. The molecule has 0 saturated carbocycles. The number of hydrogen-bond acceptors (Lipinski definition) is 4. The fraction of sp³-hybridized carbons (Fsp3) is 0.667. The predicted molar refractivity (Wildman–Crippen MR) is 101 cm³/mol. The summed E-state index contributed by atoms with van der Waals surface area (Å²) in [6.07, 6.45) is 4.34. The van der Waals surface area contributed by atoms with Gasteiger partial charge in [0.2, 0.25) is 10.0 Å². The fourth-order valence-corrected chi connectivity index (χ4v) is 5.03. The topological polar surface area (TPSA) is 89.4 Å². The lowest BCUT2D eigenvalue weighted by atomic mass is 10.1. The molecule has 4 N–H and O–H groups in total. The highest BCUT2D eigenvalue weighted by molar-refractivity contribution is 7.89. The van der Waals surface area contributed by atoms with Crippen molar-refractivity contribution in [2.75, 3.05) is 26.2 Å². The third kappa shape index (κ3) is 5.84. The van der Waals surface area contributed by atoms with Gasteiger partial charge in [-0.3, -0.25) is 0 Å². The van der Waals surface area contributed by atoms with E-state index in [-0.39, 0.29) is 0 Å². The van der Waals surface area contributed by atoms with Crippen molar-refractivity contribution in [1.29, 1.82) is 0 Å². The monoisotopic (exact) mass is 355 g/mol. The molecule has 1 aromatic carbocycles. The molecule has 0 fully saturated rings. The van der Waals surface area contributed by atoms with Gasteiger partial charge in [0.1, 0.15) is 0 Å². The maximum Gasteiger partial charge on any atom is 0.243 e. The Morgan fingerprint density at radius 1 is 0.833 bits per heavy atom. The van der Waals surface area contributed by atoms with E-state index < -0.39 is 10.0 Å². The molecule has 1 aromatic rings. The Hall–Kier alpha value is -0.950. The number of unbranched alkanes of at least 4 members (excludes halogenated alkanes) is 3. The number of nitrogens with two attached hydrogens (primary N) is 2. The van der Waals surface area contributed by atoms with E-state index in [4.69, 9.17) is 11.5 Å². The summed E-state index contributed by atoms with van der Waals surface area (Å²) in [6, 6.07) is 3.87. The van der Waals surface area contributed by atoms with E-state index in [0.717, 1.165) is 48.8 Å². The number of rotatable bonds is 11. The molecule has 0 radical (unpaired) electrons. The first-order valence-corrected chi connectivity index (χ1v) is 10.3. The van der Waals surface area contributed by atoms with E-state index in [9.17, 15) is 8.42 Å². The summed E-state index contributed by atoms with van der Waals surface area (Å²) >= 11 is 0. The van der Waals surface area contributed by atoms with Crippen LogP contribution in [0.5, 0.6) is 0 Å². The Bertz CT molecular complexity index is 592. The Morgan fingerprint density at radius 3 is 1.79 bits per heavy atom. The molecule has 0 aliphatic heterocycles. The van der Waals surface area contributed by atoms with Gasteiger partial charge < -0.3 is 11.5 Å². The van der Waals surface area contributed by atoms with Gasteiger partial charge in [0, 0.05) is 13.1 Å². The van der Waals surface area contributed by atoms with Crippen LogP contribution in [-0.2, 0) is 10.0 Å². The second kappa shape index (κ2) is 10.1. The van der Waals surface area contributed by atoms with Crippen LogP contribution in [0.2, 0.25) is 0 Å². The zero-order valence-corrected chi connectivity index (χ0v) is 16.2. The van der Waals surface area contributed by atoms with E-state index in [1.54, 1.807) is 4.31 Å². The Balaban J connectivity index is 3.04. The van der Waals surface area contributed by atoms with Crippen molar-refractivity contribution >= 4 is 10.0 Å². The van der Waals surface area contributed by atoms with Crippen LogP contribution in [0.1, 0.15) is 48.8 Å². The lowest BCUT2D eigenvalue weighted by Crippen LogP contribution is -2.34. The Morgan fingerprint density at radius 2 is 1.29 bits per heavy atom. The number of sulfonamides is 1. The first kappa shape index (κ1) is 21.1. The molecule has 0 unspecified atom stereocenters. The third-order valence-corrected chi connectivity index (χ3v) is 6.38. The van der Waals surface area contributed by atoms with Crippen molar-refractivity contribution in [2.24, 2.45) is 11.5 Å². The van der Waals surface area contributed by atoms with Crippen molar-refractivity contribution in [3.8, 4) is 0 Å². The van der Waals surface area contributed by atoms with Crippen molar-refractivity contribution in [2.45, 2.75) is 57.8 Å². The molecule has 0 aliphatic carbocycles. The summed E-state index contributed by atoms with van der Waals surface area (Å²) in [4.78, 5) is 0.458. The van der Waals surface area contributed by atoms with Gasteiger partial charge in [0.25, 0.3) is 0 Å². The molecule has 0 aliphatic rings. The van der Waals surface area contributed by atoms with Crippen LogP contribution in [0, 0.1) is 20.8 Å². The molecule has 0 amide bonds. The highest BCUT2D eigenvalue weighted by Crippen LogP contribution is 2.26. The minimum absolute atomic E-state index is 0.458. The predicted octanol–water partition coefficient (Wildman–Crippen LogP) is 2.47. The second-order valence-corrected chi connectivity index (χ2v) is 8.35. The summed E-state index contributed by atoms with van der Waals surface area (Å²) in [7, 11) is -3.49. The lowest BCUT2D eigenvalue weighted by Gasteiger charge is -2.24. The average Bonchev–Trinajstić information content (AvgIpc) is 2.48. The van der Waals surface area contributed by atoms with Gasteiger partial charge in [0.15, 0.2) is 0 Å². The molecule has 138 valence electrons. The van der Waals surface area contributed by atoms with Gasteiger partial charge >= 0.3 is 0 Å². The highest BCUT2D eigenvalue weighted by atomic mass is 32.2. The van der Waals surface area contributed by atoms with Crippen molar-refractivity contribution in [3.63, 3.8) is 0 Å². The number of benzene rings is 1. The van der Waals surface area contributed by atoms with Crippen LogP contribution in [0.3, 0.4) is 0 Å². The summed E-state index contributed by atoms with van der Waals surface area (Å²) < 4.78 is 28.1. The minimum atomic E-state index is -3.49. The molecule has 0 atom stereocenters. The first-order valence-electron chi connectivity index (χ1n) is 8.82. The van der Waals surface area contributed by atoms with Crippen molar-refractivity contribution in [3.05, 3.63) is 28.8 Å². The molecule has 0 spiro atoms. The van der Waals surface area contributed by atoms with Crippen LogP contribution in [0.4, 0.5) is 0 Å². The summed E-state index contributed by atoms with van der Waals surface area (Å²) in [6.45, 7) is 8.04. The molecule has 1 rings (SSSR count). The number of hydrogen-bond donors (Lipinski definition) is 2. The Labute approximate surface area is 147 Å². The number of aryl methyl sites for hydroxylation is 3. The largest absolute Gasteiger partial charge is 0.330 e. The molecule has 6 heteroatoms.